The molecule has 0 aliphatic heterocycles. The van der Waals surface area contributed by atoms with Gasteiger partial charge in [-0.05, 0) is 46.5 Å². The molecule has 3 aromatic rings. The number of rotatable bonds is 9. The van der Waals surface area contributed by atoms with Gasteiger partial charge in [-0.25, -0.2) is 0 Å². The van der Waals surface area contributed by atoms with Gasteiger partial charge in [0.2, 0.25) is 5.91 Å². The predicted octanol–water partition coefficient (Wildman–Crippen LogP) is 3.50. The van der Waals surface area contributed by atoms with Crippen molar-refractivity contribution in [3.05, 3.63) is 93.1 Å². The summed E-state index contributed by atoms with van der Waals surface area (Å²) in [6.07, 6.45) is 0.199. The van der Waals surface area contributed by atoms with E-state index in [0.717, 1.165) is 5.56 Å². The summed E-state index contributed by atoms with van der Waals surface area (Å²) in [6, 6.07) is 17.4. The van der Waals surface area contributed by atoms with Gasteiger partial charge >= 0.3 is 7.12 Å². The lowest BCUT2D eigenvalue weighted by molar-refractivity contribution is -0.123. The maximum atomic E-state index is 13.1. The van der Waals surface area contributed by atoms with Gasteiger partial charge in [0.05, 0.1) is 11.9 Å². The largest absolute Gasteiger partial charge is 0.475 e. The standard InChI is InChI=1S/C22H21BClNO4S/c24-18-8-4-7-17(12-18)19(13-20(26)16-5-2-1-3-6-16)22(27)25-21(23(28)29)11-15-9-10-30-14-15/h1-10,12,14,19,21,28-29H,11,13H2,(H,25,27). The number of nitrogens with one attached hydrogen (secondary N) is 1. The minimum absolute atomic E-state index is 0.0666. The zero-order chi connectivity index (χ0) is 21.5. The highest BCUT2D eigenvalue weighted by atomic mass is 35.5. The Bertz CT molecular complexity index is 982. The van der Waals surface area contributed by atoms with E-state index < -0.39 is 24.9 Å². The average molecular weight is 442 g/mol. The molecule has 2 aromatic carbocycles. The van der Waals surface area contributed by atoms with Gasteiger partial charge in [-0.1, -0.05) is 54.1 Å². The van der Waals surface area contributed by atoms with Crippen molar-refractivity contribution < 1.29 is 19.6 Å². The molecule has 0 aliphatic carbocycles. The molecule has 8 heteroatoms. The summed E-state index contributed by atoms with van der Waals surface area (Å²) in [5, 5.41) is 26.5. The van der Waals surface area contributed by atoms with Crippen molar-refractivity contribution in [1.82, 2.24) is 5.32 Å². The Balaban J connectivity index is 1.82. The molecule has 0 saturated heterocycles. The lowest BCUT2D eigenvalue weighted by Crippen LogP contribution is -2.49. The topological polar surface area (TPSA) is 86.6 Å². The van der Waals surface area contributed by atoms with E-state index in [-0.39, 0.29) is 18.6 Å². The molecule has 1 aromatic heterocycles. The Morgan fingerprint density at radius 3 is 2.47 bits per heavy atom. The molecular weight excluding hydrogens is 421 g/mol. The maximum absolute atomic E-state index is 13.1. The number of benzene rings is 2. The smallest absolute Gasteiger partial charge is 0.426 e. The highest BCUT2D eigenvalue weighted by Gasteiger charge is 2.31. The van der Waals surface area contributed by atoms with Gasteiger partial charge in [0.25, 0.3) is 0 Å². The minimum atomic E-state index is -1.74. The SMILES string of the molecule is O=C(CC(C(=O)NC(Cc1ccsc1)B(O)O)c1cccc(Cl)c1)c1ccccc1. The molecule has 3 N–H and O–H groups in total. The summed E-state index contributed by atoms with van der Waals surface area (Å²) in [4.78, 5) is 25.9. The Kier molecular flexibility index (Phi) is 7.82. The van der Waals surface area contributed by atoms with Crippen LogP contribution in [-0.4, -0.2) is 34.8 Å². The van der Waals surface area contributed by atoms with Crippen LogP contribution in [0, 0.1) is 0 Å². The monoisotopic (exact) mass is 441 g/mol. The van der Waals surface area contributed by atoms with Crippen LogP contribution in [0.4, 0.5) is 0 Å². The number of amides is 1. The van der Waals surface area contributed by atoms with Crippen molar-refractivity contribution in [3.8, 4) is 0 Å². The van der Waals surface area contributed by atoms with Gasteiger partial charge in [0.1, 0.15) is 0 Å². The van der Waals surface area contributed by atoms with E-state index >= 15 is 0 Å². The first-order chi connectivity index (χ1) is 14.4. The second-order valence-electron chi connectivity index (χ2n) is 6.97. The first-order valence-corrected chi connectivity index (χ1v) is 10.8. The van der Waals surface area contributed by atoms with Crippen LogP contribution in [0.3, 0.4) is 0 Å². The van der Waals surface area contributed by atoms with Gasteiger partial charge in [-0.15, -0.1) is 0 Å². The van der Waals surface area contributed by atoms with Crippen molar-refractivity contribution >= 4 is 41.7 Å². The fourth-order valence-electron chi connectivity index (χ4n) is 3.19. The van der Waals surface area contributed by atoms with Crippen molar-refractivity contribution in [2.45, 2.75) is 24.7 Å². The third-order valence-electron chi connectivity index (χ3n) is 4.78. The molecule has 0 saturated carbocycles. The fourth-order valence-corrected chi connectivity index (χ4v) is 4.07. The Morgan fingerprint density at radius 2 is 1.83 bits per heavy atom. The summed E-state index contributed by atoms with van der Waals surface area (Å²) in [5.41, 5.74) is 1.98. The number of halogens is 1. The molecule has 1 heterocycles. The van der Waals surface area contributed by atoms with E-state index in [2.05, 4.69) is 5.32 Å². The lowest BCUT2D eigenvalue weighted by Gasteiger charge is -2.22. The molecule has 0 aliphatic rings. The number of carbonyl (C=O) groups excluding carboxylic acids is 2. The van der Waals surface area contributed by atoms with Crippen LogP contribution in [0.1, 0.15) is 33.8 Å². The van der Waals surface area contributed by atoms with Crippen molar-refractivity contribution in [2.24, 2.45) is 0 Å². The molecule has 0 bridgehead atoms. The van der Waals surface area contributed by atoms with Crippen molar-refractivity contribution in [3.63, 3.8) is 0 Å². The van der Waals surface area contributed by atoms with Crippen LogP contribution < -0.4 is 5.32 Å². The highest BCUT2D eigenvalue weighted by Crippen LogP contribution is 2.25. The van der Waals surface area contributed by atoms with E-state index in [9.17, 15) is 19.6 Å². The molecule has 1 amide bonds. The number of thiophene rings is 1. The summed E-state index contributed by atoms with van der Waals surface area (Å²) in [7, 11) is -1.74. The van der Waals surface area contributed by atoms with E-state index in [4.69, 9.17) is 11.6 Å². The number of ketones is 1. The second-order valence-corrected chi connectivity index (χ2v) is 8.18. The Labute approximate surface area is 184 Å². The average Bonchev–Trinajstić information content (AvgIpc) is 3.25. The fraction of sp³-hybridized carbons (Fsp3) is 0.182. The summed E-state index contributed by atoms with van der Waals surface area (Å²) < 4.78 is 0. The number of hydrogen-bond acceptors (Lipinski definition) is 5. The molecule has 0 radical (unpaired) electrons. The zero-order valence-corrected chi connectivity index (χ0v) is 17.6. The van der Waals surface area contributed by atoms with E-state index in [1.165, 1.54) is 11.3 Å². The zero-order valence-electron chi connectivity index (χ0n) is 16.1. The molecule has 30 heavy (non-hydrogen) atoms. The molecular formula is C22H21BClNO4S. The molecule has 3 rings (SSSR count). The molecule has 0 fully saturated rings. The Hall–Kier alpha value is -2.45. The second kappa shape index (κ2) is 10.5. The quantitative estimate of drug-likeness (QED) is 0.350. The van der Waals surface area contributed by atoms with Crippen molar-refractivity contribution in [2.75, 3.05) is 0 Å². The number of carbonyl (C=O) groups is 2. The van der Waals surface area contributed by atoms with Crippen LogP contribution in [0.2, 0.25) is 5.02 Å². The van der Waals surface area contributed by atoms with Crippen LogP contribution in [0.15, 0.2) is 71.4 Å². The van der Waals surface area contributed by atoms with Gasteiger partial charge in [-0.2, -0.15) is 11.3 Å². The van der Waals surface area contributed by atoms with Crippen LogP contribution in [0.5, 0.6) is 0 Å². The van der Waals surface area contributed by atoms with E-state index in [1.54, 1.807) is 48.5 Å². The van der Waals surface area contributed by atoms with Crippen molar-refractivity contribution in [1.29, 1.82) is 0 Å². The first-order valence-electron chi connectivity index (χ1n) is 9.45. The highest BCUT2D eigenvalue weighted by molar-refractivity contribution is 7.07. The summed E-state index contributed by atoms with van der Waals surface area (Å²) in [6.45, 7) is 0. The molecule has 2 unspecified atom stereocenters. The van der Waals surface area contributed by atoms with Gasteiger partial charge in [-0.3, -0.25) is 9.59 Å². The van der Waals surface area contributed by atoms with E-state index in [1.807, 2.05) is 22.9 Å². The predicted molar refractivity (Wildman–Crippen MR) is 120 cm³/mol. The summed E-state index contributed by atoms with van der Waals surface area (Å²) in [5.74, 6) is -2.37. The molecule has 0 spiro atoms. The molecule has 5 nitrogen and oxygen atoms in total. The van der Waals surface area contributed by atoms with Crippen LogP contribution >= 0.6 is 22.9 Å². The molecule has 2 atom stereocenters. The third-order valence-corrected chi connectivity index (χ3v) is 5.74. The molecule has 154 valence electrons. The summed E-state index contributed by atoms with van der Waals surface area (Å²) >= 11 is 7.59. The number of Topliss-reactive ketones (excluding diaryl/α,β-unsaturated/α-hetero) is 1. The van der Waals surface area contributed by atoms with E-state index in [0.29, 0.717) is 16.1 Å². The van der Waals surface area contributed by atoms with Gasteiger partial charge in [0.15, 0.2) is 5.78 Å². The van der Waals surface area contributed by atoms with Crippen LogP contribution in [0.25, 0.3) is 0 Å². The Morgan fingerprint density at radius 1 is 1.07 bits per heavy atom. The number of hydrogen-bond donors (Lipinski definition) is 3. The van der Waals surface area contributed by atoms with Gasteiger partial charge in [0, 0.05) is 17.0 Å². The minimum Gasteiger partial charge on any atom is -0.426 e. The van der Waals surface area contributed by atoms with Crippen LogP contribution in [-0.2, 0) is 11.2 Å². The first kappa shape index (κ1) is 22.2. The third kappa shape index (κ3) is 6.03. The maximum Gasteiger partial charge on any atom is 0.475 e. The lowest BCUT2D eigenvalue weighted by atomic mass is 9.75. The van der Waals surface area contributed by atoms with Gasteiger partial charge < -0.3 is 15.4 Å². The normalized spacial score (nSPS) is 12.8.